The van der Waals surface area contributed by atoms with Crippen molar-refractivity contribution in [2.75, 3.05) is 5.73 Å². The summed E-state index contributed by atoms with van der Waals surface area (Å²) in [6.45, 7) is 3.88. The predicted molar refractivity (Wildman–Crippen MR) is 128 cm³/mol. The van der Waals surface area contributed by atoms with Crippen molar-refractivity contribution in [2.45, 2.75) is 20.3 Å². The molecule has 164 valence electrons. The van der Waals surface area contributed by atoms with Crippen LogP contribution in [0.2, 0.25) is 5.28 Å². The number of halogens is 3. The van der Waals surface area contributed by atoms with Crippen molar-refractivity contribution < 1.29 is 0 Å². The van der Waals surface area contributed by atoms with Crippen LogP contribution < -0.4 is 5.73 Å². The Morgan fingerprint density at radius 3 is 1.68 bits per heavy atom. The van der Waals surface area contributed by atoms with Crippen molar-refractivity contribution in [2.24, 2.45) is 14.1 Å². The van der Waals surface area contributed by atoms with Crippen LogP contribution in [-0.2, 0) is 20.5 Å². The normalized spacial score (nSPS) is 10.0. The molecule has 0 aliphatic carbocycles. The van der Waals surface area contributed by atoms with Crippen molar-refractivity contribution in [1.29, 1.82) is 0 Å². The van der Waals surface area contributed by atoms with E-state index in [1.165, 1.54) is 5.56 Å². The summed E-state index contributed by atoms with van der Waals surface area (Å²) in [4.78, 5) is 15.8. The summed E-state index contributed by atoms with van der Waals surface area (Å²) in [7, 11) is 3.77. The molecule has 4 rings (SSSR count). The number of hydrogen-bond donors (Lipinski definition) is 1. The molecule has 0 aromatic carbocycles. The summed E-state index contributed by atoms with van der Waals surface area (Å²) in [5.74, 6) is 0.814. The first-order chi connectivity index (χ1) is 14.6. The monoisotopic (exact) mass is 569 g/mol. The van der Waals surface area contributed by atoms with Crippen molar-refractivity contribution >= 4 is 49.1 Å². The largest absolute Gasteiger partial charge is 0.396 e. The van der Waals surface area contributed by atoms with Crippen molar-refractivity contribution in [3.63, 3.8) is 0 Å². The Bertz CT molecular complexity index is 1050. The molecule has 2 N–H and O–H groups in total. The second-order valence-corrected chi connectivity index (χ2v) is 8.59. The zero-order valence-electron chi connectivity index (χ0n) is 17.5. The van der Waals surface area contributed by atoms with Gasteiger partial charge in [-0.3, -0.25) is 9.36 Å². The van der Waals surface area contributed by atoms with Gasteiger partial charge < -0.3 is 5.73 Å². The maximum Gasteiger partial charge on any atom is 0.222 e. The Labute approximate surface area is 202 Å². The number of aryl methyl sites for hydroxylation is 4. The lowest BCUT2D eigenvalue weighted by molar-refractivity contribution is 0.756. The van der Waals surface area contributed by atoms with E-state index in [1.807, 2.05) is 38.8 Å². The molecule has 0 spiro atoms. The van der Waals surface area contributed by atoms with Crippen LogP contribution in [0.25, 0.3) is 0 Å². The molecule has 0 saturated carbocycles. The molecule has 0 aliphatic rings. The van der Waals surface area contributed by atoms with E-state index >= 15 is 0 Å². The fraction of sp³-hybridized carbons (Fsp3) is 0.263. The Kier molecular flexibility index (Phi) is 9.53. The molecule has 4 aromatic heterocycles. The third kappa shape index (κ3) is 8.72. The molecule has 0 aliphatic heterocycles. The quantitative estimate of drug-likeness (QED) is 0.361. The third-order valence-electron chi connectivity index (χ3n) is 3.78. The van der Waals surface area contributed by atoms with Gasteiger partial charge in [-0.05, 0) is 57.3 Å². The molecule has 31 heavy (non-hydrogen) atoms. The van der Waals surface area contributed by atoms with Crippen LogP contribution in [0.15, 0.2) is 46.1 Å². The van der Waals surface area contributed by atoms with E-state index in [-0.39, 0.29) is 5.28 Å². The van der Waals surface area contributed by atoms with Gasteiger partial charge in [0.1, 0.15) is 5.82 Å². The Hall–Kier alpha value is -2.37. The van der Waals surface area contributed by atoms with Gasteiger partial charge in [0.25, 0.3) is 0 Å². The van der Waals surface area contributed by atoms with E-state index in [4.69, 9.17) is 17.3 Å². The van der Waals surface area contributed by atoms with Gasteiger partial charge in [0.05, 0.1) is 26.0 Å². The van der Waals surface area contributed by atoms with Gasteiger partial charge in [-0.25, -0.2) is 19.9 Å². The molecule has 0 bridgehead atoms. The Morgan fingerprint density at radius 2 is 1.32 bits per heavy atom. The van der Waals surface area contributed by atoms with Crippen LogP contribution >= 0.6 is 43.5 Å². The van der Waals surface area contributed by atoms with Crippen molar-refractivity contribution in [3.8, 4) is 0 Å². The molecule has 0 unspecified atom stereocenters. The van der Waals surface area contributed by atoms with Crippen LogP contribution in [-0.4, -0.2) is 39.5 Å². The molecular weight excluding hydrogens is 550 g/mol. The van der Waals surface area contributed by atoms with Crippen LogP contribution in [0.5, 0.6) is 0 Å². The molecule has 12 heteroatoms. The molecule has 0 fully saturated rings. The highest BCUT2D eigenvalue weighted by atomic mass is 79.9. The minimum Gasteiger partial charge on any atom is -0.396 e. The fourth-order valence-electron chi connectivity index (χ4n) is 2.34. The number of anilines is 1. The van der Waals surface area contributed by atoms with Gasteiger partial charge >= 0.3 is 0 Å². The fourth-order valence-corrected chi connectivity index (χ4v) is 2.84. The zero-order valence-corrected chi connectivity index (χ0v) is 21.4. The van der Waals surface area contributed by atoms with E-state index < -0.39 is 0 Å². The van der Waals surface area contributed by atoms with Gasteiger partial charge in [0.15, 0.2) is 0 Å². The average molecular weight is 572 g/mol. The number of nitrogens with zero attached hydrogens (tertiary/aromatic N) is 8. The van der Waals surface area contributed by atoms with Gasteiger partial charge in [0, 0.05) is 63.3 Å². The van der Waals surface area contributed by atoms with E-state index in [9.17, 15) is 0 Å². The molecule has 9 nitrogen and oxygen atoms in total. The molecule has 0 atom stereocenters. The Morgan fingerprint density at radius 1 is 0.839 bits per heavy atom. The smallest absolute Gasteiger partial charge is 0.222 e. The second-order valence-electron chi connectivity index (χ2n) is 6.42. The SMILES string of the molecule is Cc1nn(C)cc1Cc1ncc(Br)cn1.Cc1nn(C)cc1N.Clc1ncc(Br)cn1. The lowest BCUT2D eigenvalue weighted by Gasteiger charge is -1.97. The van der Waals surface area contributed by atoms with E-state index in [1.54, 1.807) is 35.7 Å². The molecule has 4 aromatic rings. The highest BCUT2D eigenvalue weighted by molar-refractivity contribution is 9.10. The molecule has 0 saturated heterocycles. The standard InChI is InChI=1S/C10H11BrN4.C5H9N3.C4H2BrClN2/c1-7-8(6-15(2)14-7)3-10-12-4-9(11)5-13-10;1-4-5(6)3-8(2)7-4;5-3-1-7-4(6)8-2-3/h4-6H,3H2,1-2H3;3H,6H2,1-2H3;1-2H. The molecule has 0 amide bonds. The molecule has 0 radical (unpaired) electrons. The number of hydrogen-bond acceptors (Lipinski definition) is 7. The van der Waals surface area contributed by atoms with Crippen LogP contribution in [0.3, 0.4) is 0 Å². The van der Waals surface area contributed by atoms with Gasteiger partial charge in [-0.15, -0.1) is 0 Å². The van der Waals surface area contributed by atoms with Crippen LogP contribution in [0.1, 0.15) is 22.8 Å². The van der Waals surface area contributed by atoms with Crippen LogP contribution in [0, 0.1) is 13.8 Å². The summed E-state index contributed by atoms with van der Waals surface area (Å²) in [6, 6.07) is 0. The summed E-state index contributed by atoms with van der Waals surface area (Å²) >= 11 is 11.8. The first-order valence-electron chi connectivity index (χ1n) is 8.98. The lowest BCUT2D eigenvalue weighted by Crippen LogP contribution is -1.95. The molecule has 4 heterocycles. The minimum absolute atomic E-state index is 0.271. The third-order valence-corrected chi connectivity index (χ3v) is 4.79. The van der Waals surface area contributed by atoms with Crippen molar-refractivity contribution in [3.05, 3.63) is 74.2 Å². The Balaban J connectivity index is 0.000000181. The number of rotatable bonds is 2. The number of aromatic nitrogens is 8. The van der Waals surface area contributed by atoms with E-state index in [0.29, 0.717) is 0 Å². The topological polar surface area (TPSA) is 113 Å². The van der Waals surface area contributed by atoms with E-state index in [0.717, 1.165) is 38.3 Å². The lowest BCUT2D eigenvalue weighted by atomic mass is 10.2. The second kappa shape index (κ2) is 11.9. The maximum absolute atomic E-state index is 5.46. The highest BCUT2D eigenvalue weighted by Gasteiger charge is 2.05. The number of nitrogen functional groups attached to an aromatic ring is 1. The maximum atomic E-state index is 5.46. The van der Waals surface area contributed by atoms with Crippen LogP contribution in [0.4, 0.5) is 5.69 Å². The summed E-state index contributed by atoms with van der Waals surface area (Å²) in [5.41, 5.74) is 9.31. The first-order valence-corrected chi connectivity index (χ1v) is 10.9. The number of nitrogens with two attached hydrogens (primary N) is 1. The van der Waals surface area contributed by atoms with Gasteiger partial charge in [-0.2, -0.15) is 10.2 Å². The minimum atomic E-state index is 0.271. The average Bonchev–Trinajstić information content (AvgIpc) is 3.19. The van der Waals surface area contributed by atoms with Gasteiger partial charge in [-0.1, -0.05) is 0 Å². The van der Waals surface area contributed by atoms with Gasteiger partial charge in [0.2, 0.25) is 5.28 Å². The summed E-state index contributed by atoms with van der Waals surface area (Å²) in [6.07, 6.45) is 11.2. The van der Waals surface area contributed by atoms with Crippen molar-refractivity contribution in [1.82, 2.24) is 39.5 Å². The van der Waals surface area contributed by atoms with E-state index in [2.05, 4.69) is 62.0 Å². The zero-order chi connectivity index (χ0) is 23.0. The predicted octanol–water partition coefficient (Wildman–Crippen LogP) is 4.08. The molecular formula is C19H22Br2ClN9. The summed E-state index contributed by atoms with van der Waals surface area (Å²) in [5, 5.41) is 8.55. The first kappa shape index (κ1) is 24.9. The summed E-state index contributed by atoms with van der Waals surface area (Å²) < 4.78 is 5.24. The highest BCUT2D eigenvalue weighted by Crippen LogP contribution is 2.11.